The number of pyridine rings is 1. The number of carbonyl (C=O) groups is 1. The van der Waals surface area contributed by atoms with Crippen LogP contribution in [0.1, 0.15) is 11.1 Å². The quantitative estimate of drug-likeness (QED) is 0.612. The van der Waals surface area contributed by atoms with Gasteiger partial charge in [0.15, 0.2) is 6.61 Å². The van der Waals surface area contributed by atoms with Crippen LogP contribution >= 0.6 is 11.3 Å². The van der Waals surface area contributed by atoms with E-state index >= 15 is 0 Å². The average molecular weight is 409 g/mol. The fourth-order valence-corrected chi connectivity index (χ4v) is 3.54. The summed E-state index contributed by atoms with van der Waals surface area (Å²) >= 11 is 1.68. The lowest BCUT2D eigenvalue weighted by molar-refractivity contribution is -0.154. The van der Waals surface area contributed by atoms with Crippen molar-refractivity contribution in [3.63, 3.8) is 0 Å². The van der Waals surface area contributed by atoms with Crippen LogP contribution in [0.5, 0.6) is 5.88 Å². The van der Waals surface area contributed by atoms with E-state index in [9.17, 15) is 18.0 Å². The number of nitrogens with one attached hydrogen (secondary N) is 2. The fourth-order valence-electron chi connectivity index (χ4n) is 2.54. The van der Waals surface area contributed by atoms with Crippen molar-refractivity contribution in [2.24, 2.45) is 0 Å². The van der Waals surface area contributed by atoms with Crippen LogP contribution in [-0.2, 0) is 13.0 Å². The summed E-state index contributed by atoms with van der Waals surface area (Å²) in [5.41, 5.74) is 1.85. The Bertz CT molecular complexity index is 926. The van der Waals surface area contributed by atoms with E-state index in [2.05, 4.69) is 37.9 Å². The van der Waals surface area contributed by atoms with Gasteiger partial charge in [-0.2, -0.15) is 13.2 Å². The first-order chi connectivity index (χ1) is 13.4. The number of amides is 2. The summed E-state index contributed by atoms with van der Waals surface area (Å²) in [5, 5.41) is 8.77. The van der Waals surface area contributed by atoms with Gasteiger partial charge in [-0.1, -0.05) is 24.3 Å². The van der Waals surface area contributed by atoms with Crippen LogP contribution in [0.3, 0.4) is 0 Å². The molecule has 5 nitrogen and oxygen atoms in total. The third kappa shape index (κ3) is 5.85. The van der Waals surface area contributed by atoms with Crippen molar-refractivity contribution < 1.29 is 22.7 Å². The lowest BCUT2D eigenvalue weighted by Crippen LogP contribution is -2.36. The monoisotopic (exact) mass is 409 g/mol. The first-order valence-electron chi connectivity index (χ1n) is 8.52. The molecule has 0 aliphatic carbocycles. The molecule has 9 heteroatoms. The largest absolute Gasteiger partial charge is 0.468 e. The summed E-state index contributed by atoms with van der Waals surface area (Å²) in [4.78, 5) is 15.7. The molecule has 0 bridgehead atoms. The Morgan fingerprint density at radius 1 is 1.14 bits per heavy atom. The van der Waals surface area contributed by atoms with E-state index in [0.29, 0.717) is 12.1 Å². The highest BCUT2D eigenvalue weighted by atomic mass is 32.1. The molecule has 0 atom stereocenters. The van der Waals surface area contributed by atoms with E-state index < -0.39 is 12.8 Å². The molecule has 3 aromatic rings. The number of fused-ring (bicyclic) bond motifs is 1. The van der Waals surface area contributed by atoms with Gasteiger partial charge in [0.25, 0.3) is 0 Å². The Kier molecular flexibility index (Phi) is 6.35. The number of urea groups is 1. The zero-order valence-corrected chi connectivity index (χ0v) is 15.6. The number of ether oxygens (including phenoxy) is 1. The number of hydrogen-bond donors (Lipinski definition) is 2. The van der Waals surface area contributed by atoms with Gasteiger partial charge in [-0.3, -0.25) is 0 Å². The molecule has 0 fully saturated rings. The highest BCUT2D eigenvalue weighted by Gasteiger charge is 2.28. The molecule has 0 saturated heterocycles. The van der Waals surface area contributed by atoms with E-state index in [4.69, 9.17) is 0 Å². The van der Waals surface area contributed by atoms with Crippen LogP contribution in [0.4, 0.5) is 18.0 Å². The lowest BCUT2D eigenvalue weighted by Gasteiger charge is -2.09. The Morgan fingerprint density at radius 3 is 2.71 bits per heavy atom. The molecule has 0 aliphatic heterocycles. The third-order valence-corrected chi connectivity index (χ3v) is 4.89. The second kappa shape index (κ2) is 8.92. The standard InChI is InChI=1S/C19H18F3N3O2S/c20-19(21,22)12-27-17-6-5-13(9-24-17)10-25-18(26)23-8-7-14-11-28-16-4-2-1-3-15(14)16/h1-6,9,11H,7-8,10,12H2,(H2,23,25,26). The molecule has 0 saturated carbocycles. The normalized spacial score (nSPS) is 11.4. The third-order valence-electron chi connectivity index (χ3n) is 3.88. The molecule has 2 aromatic heterocycles. The summed E-state index contributed by atoms with van der Waals surface area (Å²) in [5.74, 6) is -0.117. The van der Waals surface area contributed by atoms with E-state index in [0.717, 1.165) is 6.42 Å². The van der Waals surface area contributed by atoms with Crippen LogP contribution in [0.15, 0.2) is 48.0 Å². The van der Waals surface area contributed by atoms with Crippen molar-refractivity contribution in [2.45, 2.75) is 19.1 Å². The molecule has 0 radical (unpaired) electrons. The van der Waals surface area contributed by atoms with Gasteiger partial charge in [0.2, 0.25) is 5.88 Å². The zero-order valence-electron chi connectivity index (χ0n) is 14.8. The summed E-state index contributed by atoms with van der Waals surface area (Å²) < 4.78 is 42.0. The summed E-state index contributed by atoms with van der Waals surface area (Å²) in [6.45, 7) is -0.686. The number of aromatic nitrogens is 1. The van der Waals surface area contributed by atoms with Crippen molar-refractivity contribution in [2.75, 3.05) is 13.2 Å². The summed E-state index contributed by atoms with van der Waals surface area (Å²) in [6, 6.07) is 10.7. The average Bonchev–Trinajstić information content (AvgIpc) is 3.08. The minimum atomic E-state index is -4.41. The number of rotatable bonds is 7. The van der Waals surface area contributed by atoms with Crippen LogP contribution in [0.25, 0.3) is 10.1 Å². The maximum atomic E-state index is 12.1. The Labute approximate surface area is 163 Å². The van der Waals surface area contributed by atoms with Crippen molar-refractivity contribution >= 4 is 27.5 Å². The molecule has 0 unspecified atom stereocenters. The van der Waals surface area contributed by atoms with Crippen molar-refractivity contribution in [1.82, 2.24) is 15.6 Å². The molecule has 2 N–H and O–H groups in total. The minimum Gasteiger partial charge on any atom is -0.468 e. The van der Waals surface area contributed by atoms with E-state index in [1.54, 1.807) is 17.4 Å². The maximum Gasteiger partial charge on any atom is 0.422 e. The number of halogens is 3. The Hall–Kier alpha value is -2.81. The molecule has 1 aromatic carbocycles. The van der Waals surface area contributed by atoms with Crippen LogP contribution in [0, 0.1) is 0 Å². The molecule has 2 heterocycles. The first-order valence-corrected chi connectivity index (χ1v) is 9.40. The van der Waals surface area contributed by atoms with Crippen molar-refractivity contribution in [3.8, 4) is 5.88 Å². The second-order valence-corrected chi connectivity index (χ2v) is 6.94. The number of alkyl halides is 3. The van der Waals surface area contributed by atoms with Gasteiger partial charge in [0.1, 0.15) is 0 Å². The van der Waals surface area contributed by atoms with Gasteiger partial charge in [0.05, 0.1) is 0 Å². The molecule has 0 aliphatic rings. The molecular formula is C19H18F3N3O2S. The Balaban J connectivity index is 1.39. The highest BCUT2D eigenvalue weighted by molar-refractivity contribution is 7.17. The SMILES string of the molecule is O=C(NCCc1csc2ccccc12)NCc1ccc(OCC(F)(F)F)nc1. The topological polar surface area (TPSA) is 63.2 Å². The molecule has 3 rings (SSSR count). The van der Waals surface area contributed by atoms with Crippen molar-refractivity contribution in [1.29, 1.82) is 0 Å². The number of nitrogens with zero attached hydrogens (tertiary/aromatic N) is 1. The minimum absolute atomic E-state index is 0.117. The van der Waals surface area contributed by atoms with Crippen LogP contribution in [-0.4, -0.2) is 30.3 Å². The second-order valence-electron chi connectivity index (χ2n) is 6.03. The molecule has 28 heavy (non-hydrogen) atoms. The molecule has 2 amide bonds. The van der Waals surface area contributed by atoms with Gasteiger partial charge in [-0.25, -0.2) is 9.78 Å². The predicted octanol–water partition coefficient (Wildman–Crippen LogP) is 4.28. The van der Waals surface area contributed by atoms with Crippen LogP contribution in [0.2, 0.25) is 0 Å². The predicted molar refractivity (Wildman–Crippen MR) is 102 cm³/mol. The summed E-state index contributed by atoms with van der Waals surface area (Å²) in [6.07, 6.45) is -2.32. The zero-order chi connectivity index (χ0) is 20.0. The number of hydrogen-bond acceptors (Lipinski definition) is 4. The Morgan fingerprint density at radius 2 is 1.96 bits per heavy atom. The van der Waals surface area contributed by atoms with Gasteiger partial charge >= 0.3 is 12.2 Å². The fraction of sp³-hybridized carbons (Fsp3) is 0.263. The first kappa shape index (κ1) is 19.9. The van der Waals surface area contributed by atoms with Gasteiger partial charge in [-0.15, -0.1) is 11.3 Å². The van der Waals surface area contributed by atoms with Gasteiger partial charge < -0.3 is 15.4 Å². The van der Waals surface area contributed by atoms with Gasteiger partial charge in [0, 0.05) is 30.1 Å². The molecule has 148 valence electrons. The van der Waals surface area contributed by atoms with E-state index in [1.807, 2.05) is 12.1 Å². The van der Waals surface area contributed by atoms with Gasteiger partial charge in [-0.05, 0) is 34.4 Å². The van der Waals surface area contributed by atoms with Crippen molar-refractivity contribution in [3.05, 3.63) is 59.1 Å². The number of benzene rings is 1. The number of thiophene rings is 1. The highest BCUT2D eigenvalue weighted by Crippen LogP contribution is 2.25. The number of carbonyl (C=O) groups excluding carboxylic acids is 1. The molecular weight excluding hydrogens is 391 g/mol. The van der Waals surface area contributed by atoms with E-state index in [-0.39, 0.29) is 18.5 Å². The summed E-state index contributed by atoms with van der Waals surface area (Å²) in [7, 11) is 0. The smallest absolute Gasteiger partial charge is 0.422 e. The van der Waals surface area contributed by atoms with Crippen LogP contribution < -0.4 is 15.4 Å². The molecule has 0 spiro atoms. The maximum absolute atomic E-state index is 12.1. The lowest BCUT2D eigenvalue weighted by atomic mass is 10.1. The van der Waals surface area contributed by atoms with E-state index in [1.165, 1.54) is 27.9 Å².